The van der Waals surface area contributed by atoms with Crippen molar-refractivity contribution in [2.75, 3.05) is 5.75 Å². The van der Waals surface area contributed by atoms with Crippen LogP contribution in [0.1, 0.15) is 5.56 Å². The van der Waals surface area contributed by atoms with Gasteiger partial charge in [0.25, 0.3) is 0 Å². The van der Waals surface area contributed by atoms with Crippen molar-refractivity contribution in [2.45, 2.75) is 0 Å². The molecule has 0 aliphatic heterocycles. The van der Waals surface area contributed by atoms with Crippen molar-refractivity contribution < 1.29 is 0 Å². The van der Waals surface area contributed by atoms with Crippen LogP contribution in [0, 0.1) is 0 Å². The molecule has 1 aromatic carbocycles. The van der Waals surface area contributed by atoms with Crippen LogP contribution in [0.4, 0.5) is 0 Å². The maximum atomic E-state index is 4.08. The van der Waals surface area contributed by atoms with Gasteiger partial charge >= 0.3 is 0 Å². The maximum Gasteiger partial charge on any atom is 0.0175 e. The zero-order valence-electron chi connectivity index (χ0n) is 6.00. The van der Waals surface area contributed by atoms with E-state index in [1.807, 2.05) is 18.2 Å². The van der Waals surface area contributed by atoms with Gasteiger partial charge in [-0.1, -0.05) is 40.2 Å². The van der Waals surface area contributed by atoms with Crippen LogP contribution in [0.25, 0.3) is 6.08 Å². The highest BCUT2D eigenvalue weighted by atomic mass is 79.9. The van der Waals surface area contributed by atoms with E-state index in [0.29, 0.717) is 0 Å². The smallest absolute Gasteiger partial charge is 0.0175 e. The molecule has 0 radical (unpaired) electrons. The van der Waals surface area contributed by atoms with Gasteiger partial charge in [-0.15, -0.1) is 0 Å². The third-order valence-corrected chi connectivity index (χ3v) is 2.03. The predicted molar refractivity (Wildman–Crippen MR) is 57.0 cm³/mol. The first-order valence-corrected chi connectivity index (χ1v) is 4.78. The first kappa shape index (κ1) is 8.88. The average Bonchev–Trinajstić information content (AvgIpc) is 2.04. The summed E-state index contributed by atoms with van der Waals surface area (Å²) in [4.78, 5) is 0. The van der Waals surface area contributed by atoms with Crippen LogP contribution in [0.3, 0.4) is 0 Å². The van der Waals surface area contributed by atoms with Crippen molar-refractivity contribution in [1.29, 1.82) is 0 Å². The Morgan fingerprint density at radius 3 is 2.45 bits per heavy atom. The van der Waals surface area contributed by atoms with E-state index in [-0.39, 0.29) is 0 Å². The highest BCUT2D eigenvalue weighted by molar-refractivity contribution is 9.10. The Morgan fingerprint density at radius 2 is 1.91 bits per heavy atom. The summed E-state index contributed by atoms with van der Waals surface area (Å²) in [7, 11) is 0. The van der Waals surface area contributed by atoms with E-state index in [1.54, 1.807) is 0 Å². The Bertz CT molecular complexity index is 238. The van der Waals surface area contributed by atoms with Gasteiger partial charge in [0.2, 0.25) is 0 Å². The minimum absolute atomic E-state index is 0.788. The molecule has 1 aromatic rings. The molecule has 0 N–H and O–H groups in total. The number of benzene rings is 1. The minimum atomic E-state index is 0.788. The van der Waals surface area contributed by atoms with Crippen molar-refractivity contribution in [3.63, 3.8) is 0 Å². The molecule has 0 saturated heterocycles. The summed E-state index contributed by atoms with van der Waals surface area (Å²) < 4.78 is 1.11. The highest BCUT2D eigenvalue weighted by Gasteiger charge is 1.85. The lowest BCUT2D eigenvalue weighted by atomic mass is 10.2. The van der Waals surface area contributed by atoms with Crippen molar-refractivity contribution in [3.8, 4) is 0 Å². The maximum absolute atomic E-state index is 4.08. The molecule has 0 unspecified atom stereocenters. The molecule has 0 nitrogen and oxygen atoms in total. The summed E-state index contributed by atoms with van der Waals surface area (Å²) in [6.45, 7) is 0. The lowest BCUT2D eigenvalue weighted by Gasteiger charge is -1.91. The summed E-state index contributed by atoms with van der Waals surface area (Å²) >= 11 is 7.45. The Labute approximate surface area is 80.9 Å². The fraction of sp³-hybridized carbons (Fsp3) is 0.111. The van der Waals surface area contributed by atoms with E-state index in [2.05, 4.69) is 46.8 Å². The van der Waals surface area contributed by atoms with Crippen molar-refractivity contribution in [2.24, 2.45) is 0 Å². The molecular weight excluding hydrogens is 220 g/mol. The molecule has 11 heavy (non-hydrogen) atoms. The van der Waals surface area contributed by atoms with Crippen LogP contribution in [0.2, 0.25) is 0 Å². The zero-order valence-corrected chi connectivity index (χ0v) is 8.48. The van der Waals surface area contributed by atoms with E-state index >= 15 is 0 Å². The Hall–Kier alpha value is -0.210. The molecule has 0 aromatic heterocycles. The molecule has 0 aliphatic carbocycles. The molecule has 0 fully saturated rings. The number of hydrogen-bond donors (Lipinski definition) is 1. The van der Waals surface area contributed by atoms with Gasteiger partial charge < -0.3 is 0 Å². The Kier molecular flexibility index (Phi) is 3.73. The number of thiol groups is 1. The third-order valence-electron chi connectivity index (χ3n) is 1.29. The van der Waals surface area contributed by atoms with Crippen molar-refractivity contribution >= 4 is 34.6 Å². The lowest BCUT2D eigenvalue weighted by Crippen LogP contribution is -1.70. The molecule has 0 saturated carbocycles. The van der Waals surface area contributed by atoms with E-state index < -0.39 is 0 Å². The van der Waals surface area contributed by atoms with E-state index in [0.717, 1.165) is 10.2 Å². The molecule has 0 bridgehead atoms. The van der Waals surface area contributed by atoms with Gasteiger partial charge in [0, 0.05) is 10.2 Å². The molecule has 2 heteroatoms. The fourth-order valence-electron chi connectivity index (χ4n) is 0.763. The number of hydrogen-bond acceptors (Lipinski definition) is 1. The Morgan fingerprint density at radius 1 is 1.27 bits per heavy atom. The normalized spacial score (nSPS) is 10.7. The SMILES string of the molecule is SCC=Cc1ccc(Br)cc1. The van der Waals surface area contributed by atoms with Crippen LogP contribution in [-0.4, -0.2) is 5.75 Å². The quantitative estimate of drug-likeness (QED) is 0.738. The van der Waals surface area contributed by atoms with E-state index in [4.69, 9.17) is 0 Å². The monoisotopic (exact) mass is 228 g/mol. The standard InChI is InChI=1S/C9H9BrS/c10-9-5-3-8(4-6-9)2-1-7-11/h1-6,11H,7H2. The van der Waals surface area contributed by atoms with E-state index in [1.165, 1.54) is 5.56 Å². The molecule has 0 heterocycles. The first-order chi connectivity index (χ1) is 5.33. The van der Waals surface area contributed by atoms with Crippen molar-refractivity contribution in [1.82, 2.24) is 0 Å². The van der Waals surface area contributed by atoms with Crippen LogP contribution in [0.5, 0.6) is 0 Å². The van der Waals surface area contributed by atoms with Gasteiger partial charge in [0.1, 0.15) is 0 Å². The van der Waals surface area contributed by atoms with Crippen LogP contribution >= 0.6 is 28.6 Å². The molecule has 0 amide bonds. The summed E-state index contributed by atoms with van der Waals surface area (Å²) in [5.74, 6) is 0.788. The predicted octanol–water partition coefficient (Wildman–Crippen LogP) is 3.39. The van der Waals surface area contributed by atoms with Crippen LogP contribution < -0.4 is 0 Å². The van der Waals surface area contributed by atoms with Crippen molar-refractivity contribution in [3.05, 3.63) is 40.4 Å². The molecule has 1 rings (SSSR count). The Balaban J connectivity index is 2.73. The van der Waals surface area contributed by atoms with Gasteiger partial charge in [-0.05, 0) is 17.7 Å². The second-order valence-corrected chi connectivity index (χ2v) is 3.42. The van der Waals surface area contributed by atoms with Gasteiger partial charge in [-0.3, -0.25) is 0 Å². The summed E-state index contributed by atoms with van der Waals surface area (Å²) in [5.41, 5.74) is 1.21. The minimum Gasteiger partial charge on any atom is -0.175 e. The highest BCUT2D eigenvalue weighted by Crippen LogP contribution is 2.11. The topological polar surface area (TPSA) is 0 Å². The first-order valence-electron chi connectivity index (χ1n) is 3.36. The molecule has 0 spiro atoms. The molecule has 0 aliphatic rings. The zero-order chi connectivity index (χ0) is 8.10. The van der Waals surface area contributed by atoms with Gasteiger partial charge in [0.05, 0.1) is 0 Å². The van der Waals surface area contributed by atoms with Gasteiger partial charge in [0.15, 0.2) is 0 Å². The fourth-order valence-corrected chi connectivity index (χ4v) is 1.13. The third kappa shape index (κ3) is 3.12. The lowest BCUT2D eigenvalue weighted by molar-refractivity contribution is 1.61. The summed E-state index contributed by atoms with van der Waals surface area (Å²) in [6, 6.07) is 8.17. The average molecular weight is 229 g/mol. The van der Waals surface area contributed by atoms with E-state index in [9.17, 15) is 0 Å². The van der Waals surface area contributed by atoms with Crippen LogP contribution in [-0.2, 0) is 0 Å². The van der Waals surface area contributed by atoms with Gasteiger partial charge in [-0.25, -0.2) is 0 Å². The van der Waals surface area contributed by atoms with Crippen LogP contribution in [0.15, 0.2) is 34.8 Å². The number of rotatable bonds is 2. The molecule has 58 valence electrons. The molecular formula is C9H9BrS. The summed E-state index contributed by atoms with van der Waals surface area (Å²) in [6.07, 6.45) is 4.08. The van der Waals surface area contributed by atoms with Gasteiger partial charge in [-0.2, -0.15) is 12.6 Å². The largest absolute Gasteiger partial charge is 0.175 e. The second-order valence-electron chi connectivity index (χ2n) is 2.14. The number of halogens is 1. The second kappa shape index (κ2) is 4.62. The summed E-state index contributed by atoms with van der Waals surface area (Å²) in [5, 5.41) is 0. The molecule has 0 atom stereocenters.